The highest BCUT2D eigenvalue weighted by atomic mass is 32.1. The summed E-state index contributed by atoms with van der Waals surface area (Å²) in [5, 5.41) is 3.20. The van der Waals surface area contributed by atoms with Gasteiger partial charge in [-0.1, -0.05) is 33.1 Å². The molecule has 0 fully saturated rings. The SMILES string of the molecule is CCCCC(CC)C(N)Cc1nccs1. The van der Waals surface area contributed by atoms with Crippen LogP contribution in [0, 0.1) is 5.92 Å². The van der Waals surface area contributed by atoms with Crippen LogP contribution in [0.1, 0.15) is 44.5 Å². The Morgan fingerprint density at radius 3 is 2.80 bits per heavy atom. The molecular weight excluding hydrogens is 204 g/mol. The number of nitrogens with two attached hydrogens (primary N) is 1. The van der Waals surface area contributed by atoms with E-state index in [4.69, 9.17) is 5.73 Å². The molecule has 0 aromatic carbocycles. The molecule has 0 aliphatic rings. The molecule has 15 heavy (non-hydrogen) atoms. The van der Waals surface area contributed by atoms with Crippen molar-refractivity contribution in [1.29, 1.82) is 0 Å². The highest BCUT2D eigenvalue weighted by Crippen LogP contribution is 2.19. The van der Waals surface area contributed by atoms with Crippen molar-refractivity contribution in [2.45, 2.75) is 52.0 Å². The highest BCUT2D eigenvalue weighted by molar-refractivity contribution is 7.09. The Morgan fingerprint density at radius 1 is 1.47 bits per heavy atom. The molecule has 0 spiro atoms. The first-order valence-electron chi connectivity index (χ1n) is 5.91. The van der Waals surface area contributed by atoms with E-state index >= 15 is 0 Å². The summed E-state index contributed by atoms with van der Waals surface area (Å²) in [7, 11) is 0. The molecule has 0 saturated heterocycles. The lowest BCUT2D eigenvalue weighted by molar-refractivity contribution is 0.368. The van der Waals surface area contributed by atoms with E-state index < -0.39 is 0 Å². The lowest BCUT2D eigenvalue weighted by Gasteiger charge is -2.21. The molecule has 0 amide bonds. The number of nitrogens with zero attached hydrogens (tertiary/aromatic N) is 1. The smallest absolute Gasteiger partial charge is 0.0940 e. The van der Waals surface area contributed by atoms with E-state index in [9.17, 15) is 0 Å². The van der Waals surface area contributed by atoms with E-state index in [-0.39, 0.29) is 6.04 Å². The Kier molecular flexibility index (Phi) is 5.88. The zero-order valence-corrected chi connectivity index (χ0v) is 10.6. The summed E-state index contributed by atoms with van der Waals surface area (Å²) in [6, 6.07) is 0.285. The fourth-order valence-corrected chi connectivity index (χ4v) is 2.60. The molecule has 1 aromatic heterocycles. The molecule has 2 N–H and O–H groups in total. The van der Waals surface area contributed by atoms with Crippen molar-refractivity contribution in [2.75, 3.05) is 0 Å². The van der Waals surface area contributed by atoms with Gasteiger partial charge in [0, 0.05) is 24.0 Å². The number of hydrogen-bond donors (Lipinski definition) is 1. The molecule has 0 aliphatic carbocycles. The Morgan fingerprint density at radius 2 is 2.27 bits per heavy atom. The van der Waals surface area contributed by atoms with Gasteiger partial charge < -0.3 is 5.73 Å². The Bertz CT molecular complexity index is 246. The van der Waals surface area contributed by atoms with E-state index in [1.165, 1.54) is 30.7 Å². The second-order valence-corrected chi connectivity index (χ2v) is 5.08. The van der Waals surface area contributed by atoms with E-state index in [0.717, 1.165) is 6.42 Å². The highest BCUT2D eigenvalue weighted by Gasteiger charge is 2.16. The Balaban J connectivity index is 2.39. The van der Waals surface area contributed by atoms with Gasteiger partial charge in [-0.2, -0.15) is 0 Å². The number of hydrogen-bond acceptors (Lipinski definition) is 3. The third kappa shape index (κ3) is 4.31. The van der Waals surface area contributed by atoms with E-state index in [2.05, 4.69) is 18.8 Å². The number of unbranched alkanes of at least 4 members (excludes halogenated alkanes) is 1. The van der Waals surface area contributed by atoms with Crippen LogP contribution in [0.3, 0.4) is 0 Å². The van der Waals surface area contributed by atoms with E-state index in [0.29, 0.717) is 5.92 Å². The quantitative estimate of drug-likeness (QED) is 0.775. The van der Waals surface area contributed by atoms with Crippen LogP contribution in [0.5, 0.6) is 0 Å². The Hall–Kier alpha value is -0.410. The predicted octanol–water partition coefficient (Wildman–Crippen LogP) is 3.23. The normalized spacial score (nSPS) is 15.1. The number of thiazole rings is 1. The van der Waals surface area contributed by atoms with Crippen molar-refractivity contribution >= 4 is 11.3 Å². The molecule has 86 valence electrons. The van der Waals surface area contributed by atoms with Gasteiger partial charge in [0.15, 0.2) is 0 Å². The molecule has 3 heteroatoms. The minimum absolute atomic E-state index is 0.285. The van der Waals surface area contributed by atoms with Crippen molar-refractivity contribution in [3.8, 4) is 0 Å². The first-order chi connectivity index (χ1) is 7.27. The largest absolute Gasteiger partial charge is 0.327 e. The average Bonchev–Trinajstić information content (AvgIpc) is 2.71. The second kappa shape index (κ2) is 6.96. The van der Waals surface area contributed by atoms with Gasteiger partial charge in [-0.15, -0.1) is 11.3 Å². The average molecular weight is 226 g/mol. The van der Waals surface area contributed by atoms with Crippen molar-refractivity contribution < 1.29 is 0 Å². The summed E-state index contributed by atoms with van der Waals surface area (Å²) < 4.78 is 0. The lowest BCUT2D eigenvalue weighted by Crippen LogP contribution is -2.32. The van der Waals surface area contributed by atoms with Crippen LogP contribution >= 0.6 is 11.3 Å². The van der Waals surface area contributed by atoms with Crippen molar-refractivity contribution in [3.63, 3.8) is 0 Å². The van der Waals surface area contributed by atoms with Crippen molar-refractivity contribution in [3.05, 3.63) is 16.6 Å². The van der Waals surface area contributed by atoms with E-state index in [1.54, 1.807) is 11.3 Å². The zero-order chi connectivity index (χ0) is 11.1. The van der Waals surface area contributed by atoms with Crippen molar-refractivity contribution in [2.24, 2.45) is 11.7 Å². The molecule has 0 bridgehead atoms. The van der Waals surface area contributed by atoms with Gasteiger partial charge in [0.2, 0.25) is 0 Å². The maximum atomic E-state index is 6.23. The Labute approximate surface area is 96.9 Å². The fourth-order valence-electron chi connectivity index (χ4n) is 1.91. The van der Waals surface area contributed by atoms with Gasteiger partial charge >= 0.3 is 0 Å². The molecule has 1 aromatic rings. The summed E-state index contributed by atoms with van der Waals surface area (Å²) in [6.45, 7) is 4.47. The fraction of sp³-hybridized carbons (Fsp3) is 0.750. The maximum Gasteiger partial charge on any atom is 0.0940 e. The molecule has 1 heterocycles. The van der Waals surface area contributed by atoms with Crippen LogP contribution in [-0.4, -0.2) is 11.0 Å². The molecule has 2 atom stereocenters. The van der Waals surface area contributed by atoms with Gasteiger partial charge in [-0.25, -0.2) is 4.98 Å². The van der Waals surface area contributed by atoms with Gasteiger partial charge in [0.25, 0.3) is 0 Å². The van der Waals surface area contributed by atoms with Crippen LogP contribution in [0.15, 0.2) is 11.6 Å². The molecule has 0 aliphatic heterocycles. The van der Waals surface area contributed by atoms with Crippen LogP contribution in [0.2, 0.25) is 0 Å². The van der Waals surface area contributed by atoms with Gasteiger partial charge in [0.1, 0.15) is 0 Å². The van der Waals surface area contributed by atoms with Gasteiger partial charge in [-0.05, 0) is 12.3 Å². The molecule has 2 nitrogen and oxygen atoms in total. The predicted molar refractivity (Wildman–Crippen MR) is 67.1 cm³/mol. The third-order valence-corrected chi connectivity index (χ3v) is 3.75. The van der Waals surface area contributed by atoms with Crippen LogP contribution in [-0.2, 0) is 6.42 Å². The summed E-state index contributed by atoms with van der Waals surface area (Å²) in [4.78, 5) is 4.29. The molecule has 0 saturated carbocycles. The molecule has 2 unspecified atom stereocenters. The molecule has 0 radical (unpaired) electrons. The van der Waals surface area contributed by atoms with E-state index in [1.807, 2.05) is 11.6 Å². The third-order valence-electron chi connectivity index (χ3n) is 2.95. The standard InChI is InChI=1S/C12H22N2S/c1-3-5-6-10(4-2)11(13)9-12-14-7-8-15-12/h7-8,10-11H,3-6,9,13H2,1-2H3. The van der Waals surface area contributed by atoms with Crippen LogP contribution in [0.4, 0.5) is 0 Å². The summed E-state index contributed by atoms with van der Waals surface area (Å²) in [6.07, 6.45) is 7.82. The van der Waals surface area contributed by atoms with Crippen molar-refractivity contribution in [1.82, 2.24) is 4.98 Å². The number of rotatable bonds is 7. The maximum absolute atomic E-state index is 6.23. The van der Waals surface area contributed by atoms with Crippen LogP contribution in [0.25, 0.3) is 0 Å². The monoisotopic (exact) mass is 226 g/mol. The summed E-state index contributed by atoms with van der Waals surface area (Å²) in [5.74, 6) is 0.661. The lowest BCUT2D eigenvalue weighted by atomic mass is 9.90. The summed E-state index contributed by atoms with van der Waals surface area (Å²) >= 11 is 1.71. The molecular formula is C12H22N2S. The summed E-state index contributed by atoms with van der Waals surface area (Å²) in [5.41, 5.74) is 6.23. The van der Waals surface area contributed by atoms with Crippen LogP contribution < -0.4 is 5.73 Å². The van der Waals surface area contributed by atoms with Gasteiger partial charge in [-0.3, -0.25) is 0 Å². The minimum Gasteiger partial charge on any atom is -0.327 e. The molecule has 1 rings (SSSR count). The topological polar surface area (TPSA) is 38.9 Å². The first kappa shape index (κ1) is 12.7. The minimum atomic E-state index is 0.285. The zero-order valence-electron chi connectivity index (χ0n) is 9.78. The second-order valence-electron chi connectivity index (χ2n) is 4.10. The first-order valence-corrected chi connectivity index (χ1v) is 6.79. The number of aromatic nitrogens is 1. The van der Waals surface area contributed by atoms with Gasteiger partial charge in [0.05, 0.1) is 5.01 Å².